The van der Waals surface area contributed by atoms with Gasteiger partial charge in [-0.1, -0.05) is 31.5 Å². The van der Waals surface area contributed by atoms with Gasteiger partial charge in [0.1, 0.15) is 5.82 Å². The Bertz CT molecular complexity index is 263. The van der Waals surface area contributed by atoms with Crippen molar-refractivity contribution < 1.29 is 4.39 Å². The average molecular weight is 182 g/mol. The van der Waals surface area contributed by atoms with E-state index in [1.54, 1.807) is 12.1 Å². The molecule has 0 fully saturated rings. The Balaban J connectivity index is 2.84. The topological polar surface area (TPSA) is 38.0 Å². The quantitative estimate of drug-likeness (QED) is 0.553. The number of rotatable bonds is 4. The summed E-state index contributed by atoms with van der Waals surface area (Å²) in [6.45, 7) is 2.05. The van der Waals surface area contributed by atoms with Crippen LogP contribution < -0.4 is 11.3 Å². The minimum atomic E-state index is -0.195. The Morgan fingerprint density at radius 1 is 1.46 bits per heavy atom. The summed E-state index contributed by atoms with van der Waals surface area (Å²) >= 11 is 0. The SMILES string of the molecule is CCCC(NN)c1ccccc1F. The molecule has 0 saturated heterocycles. The van der Waals surface area contributed by atoms with Crippen LogP contribution >= 0.6 is 0 Å². The van der Waals surface area contributed by atoms with Gasteiger partial charge in [-0.3, -0.25) is 11.3 Å². The maximum atomic E-state index is 13.3. The number of benzene rings is 1. The molecule has 0 aliphatic rings. The minimum Gasteiger partial charge on any atom is -0.271 e. The van der Waals surface area contributed by atoms with Crippen LogP contribution in [-0.4, -0.2) is 0 Å². The second-order valence-corrected chi connectivity index (χ2v) is 3.03. The molecule has 0 heterocycles. The van der Waals surface area contributed by atoms with E-state index in [1.807, 2.05) is 13.0 Å². The number of halogens is 1. The summed E-state index contributed by atoms with van der Waals surface area (Å²) in [6.07, 6.45) is 1.82. The van der Waals surface area contributed by atoms with E-state index in [9.17, 15) is 4.39 Å². The molecule has 0 aliphatic heterocycles. The van der Waals surface area contributed by atoms with E-state index in [0.29, 0.717) is 5.56 Å². The molecule has 0 aromatic heterocycles. The van der Waals surface area contributed by atoms with Gasteiger partial charge < -0.3 is 0 Å². The van der Waals surface area contributed by atoms with Crippen LogP contribution in [0.25, 0.3) is 0 Å². The van der Waals surface area contributed by atoms with E-state index in [-0.39, 0.29) is 11.9 Å². The average Bonchev–Trinajstić information content (AvgIpc) is 2.16. The standard InChI is InChI=1S/C10H15FN2/c1-2-5-10(13-12)8-6-3-4-7-9(8)11/h3-4,6-7,10,13H,2,5,12H2,1H3. The molecular weight excluding hydrogens is 167 g/mol. The molecule has 1 unspecified atom stereocenters. The van der Waals surface area contributed by atoms with Crippen molar-refractivity contribution in [2.45, 2.75) is 25.8 Å². The minimum absolute atomic E-state index is 0.0776. The zero-order valence-corrected chi connectivity index (χ0v) is 7.76. The Kier molecular flexibility index (Phi) is 3.86. The monoisotopic (exact) mass is 182 g/mol. The number of nitrogens with two attached hydrogens (primary N) is 1. The van der Waals surface area contributed by atoms with Crippen LogP contribution in [0.5, 0.6) is 0 Å². The van der Waals surface area contributed by atoms with Gasteiger partial charge in [0.15, 0.2) is 0 Å². The van der Waals surface area contributed by atoms with Crippen LogP contribution in [0.2, 0.25) is 0 Å². The molecule has 0 spiro atoms. The maximum Gasteiger partial charge on any atom is 0.128 e. The zero-order valence-electron chi connectivity index (χ0n) is 7.76. The van der Waals surface area contributed by atoms with Crippen LogP contribution in [0, 0.1) is 5.82 Å². The summed E-state index contributed by atoms with van der Waals surface area (Å²) in [4.78, 5) is 0. The van der Waals surface area contributed by atoms with Gasteiger partial charge in [0.05, 0.1) is 0 Å². The molecule has 0 aliphatic carbocycles. The largest absolute Gasteiger partial charge is 0.271 e. The Labute approximate surface area is 77.9 Å². The lowest BCUT2D eigenvalue weighted by Crippen LogP contribution is -2.28. The fourth-order valence-electron chi connectivity index (χ4n) is 1.37. The van der Waals surface area contributed by atoms with E-state index in [0.717, 1.165) is 12.8 Å². The van der Waals surface area contributed by atoms with E-state index < -0.39 is 0 Å². The highest BCUT2D eigenvalue weighted by Crippen LogP contribution is 2.19. The normalized spacial score (nSPS) is 12.8. The second-order valence-electron chi connectivity index (χ2n) is 3.03. The molecular formula is C10H15FN2. The fourth-order valence-corrected chi connectivity index (χ4v) is 1.37. The smallest absolute Gasteiger partial charge is 0.128 e. The first-order chi connectivity index (χ1) is 6.29. The van der Waals surface area contributed by atoms with E-state index in [1.165, 1.54) is 6.07 Å². The highest BCUT2D eigenvalue weighted by atomic mass is 19.1. The number of hydrogen-bond donors (Lipinski definition) is 2. The molecule has 0 radical (unpaired) electrons. The summed E-state index contributed by atoms with van der Waals surface area (Å²) in [5.41, 5.74) is 3.27. The summed E-state index contributed by atoms with van der Waals surface area (Å²) in [5.74, 6) is 5.15. The molecule has 3 heteroatoms. The van der Waals surface area contributed by atoms with Gasteiger partial charge in [-0.25, -0.2) is 4.39 Å². The second kappa shape index (κ2) is 4.94. The Morgan fingerprint density at radius 3 is 2.69 bits per heavy atom. The third kappa shape index (κ3) is 2.50. The molecule has 1 atom stereocenters. The maximum absolute atomic E-state index is 13.3. The van der Waals surface area contributed by atoms with E-state index >= 15 is 0 Å². The first-order valence-corrected chi connectivity index (χ1v) is 4.50. The van der Waals surface area contributed by atoms with Crippen LogP contribution in [0.4, 0.5) is 4.39 Å². The molecule has 2 nitrogen and oxygen atoms in total. The summed E-state index contributed by atoms with van der Waals surface area (Å²) < 4.78 is 13.3. The van der Waals surface area contributed by atoms with Crippen molar-refractivity contribution in [3.8, 4) is 0 Å². The first kappa shape index (κ1) is 10.2. The Hall–Kier alpha value is -0.930. The first-order valence-electron chi connectivity index (χ1n) is 4.50. The fraction of sp³-hybridized carbons (Fsp3) is 0.400. The summed E-state index contributed by atoms with van der Waals surface area (Å²) in [7, 11) is 0. The van der Waals surface area contributed by atoms with Gasteiger partial charge in [-0.2, -0.15) is 0 Å². The molecule has 0 amide bonds. The lowest BCUT2D eigenvalue weighted by Gasteiger charge is -2.15. The van der Waals surface area contributed by atoms with Crippen molar-refractivity contribution in [1.29, 1.82) is 0 Å². The third-order valence-corrected chi connectivity index (χ3v) is 2.06. The highest BCUT2D eigenvalue weighted by Gasteiger charge is 2.11. The van der Waals surface area contributed by atoms with Crippen molar-refractivity contribution in [3.05, 3.63) is 35.6 Å². The van der Waals surface area contributed by atoms with Crippen LogP contribution in [0.15, 0.2) is 24.3 Å². The molecule has 1 aromatic carbocycles. The van der Waals surface area contributed by atoms with Crippen molar-refractivity contribution in [1.82, 2.24) is 5.43 Å². The van der Waals surface area contributed by atoms with Gasteiger partial charge >= 0.3 is 0 Å². The van der Waals surface area contributed by atoms with Crippen molar-refractivity contribution in [2.75, 3.05) is 0 Å². The van der Waals surface area contributed by atoms with Gasteiger partial charge in [0, 0.05) is 11.6 Å². The number of hydrazine groups is 1. The van der Waals surface area contributed by atoms with Crippen LogP contribution in [-0.2, 0) is 0 Å². The van der Waals surface area contributed by atoms with Crippen molar-refractivity contribution in [3.63, 3.8) is 0 Å². The lowest BCUT2D eigenvalue weighted by molar-refractivity contribution is 0.481. The molecule has 3 N–H and O–H groups in total. The zero-order chi connectivity index (χ0) is 9.68. The van der Waals surface area contributed by atoms with Crippen molar-refractivity contribution in [2.24, 2.45) is 5.84 Å². The van der Waals surface area contributed by atoms with Gasteiger partial charge in [-0.05, 0) is 12.5 Å². The van der Waals surface area contributed by atoms with Crippen LogP contribution in [0.3, 0.4) is 0 Å². The predicted molar refractivity (Wildman–Crippen MR) is 51.4 cm³/mol. The molecule has 72 valence electrons. The molecule has 1 rings (SSSR count). The van der Waals surface area contributed by atoms with Gasteiger partial charge in [0.2, 0.25) is 0 Å². The molecule has 1 aromatic rings. The summed E-state index contributed by atoms with van der Waals surface area (Å²) in [6, 6.07) is 6.63. The van der Waals surface area contributed by atoms with Gasteiger partial charge in [0.25, 0.3) is 0 Å². The lowest BCUT2D eigenvalue weighted by atomic mass is 10.0. The molecule has 0 bridgehead atoms. The van der Waals surface area contributed by atoms with Crippen molar-refractivity contribution >= 4 is 0 Å². The Morgan fingerprint density at radius 2 is 2.15 bits per heavy atom. The number of nitrogens with one attached hydrogen (secondary N) is 1. The highest BCUT2D eigenvalue weighted by molar-refractivity contribution is 5.20. The third-order valence-electron chi connectivity index (χ3n) is 2.06. The van der Waals surface area contributed by atoms with E-state index in [2.05, 4.69) is 5.43 Å². The predicted octanol–water partition coefficient (Wildman–Crippen LogP) is 2.13. The van der Waals surface area contributed by atoms with E-state index in [4.69, 9.17) is 5.84 Å². The molecule has 0 saturated carbocycles. The summed E-state index contributed by atoms with van der Waals surface area (Å²) in [5, 5.41) is 0. The van der Waals surface area contributed by atoms with Crippen LogP contribution in [0.1, 0.15) is 31.4 Å². The molecule has 13 heavy (non-hydrogen) atoms. The van der Waals surface area contributed by atoms with Gasteiger partial charge in [-0.15, -0.1) is 0 Å². The number of hydrogen-bond acceptors (Lipinski definition) is 2.